The van der Waals surface area contributed by atoms with Crippen LogP contribution < -0.4 is 5.32 Å². The van der Waals surface area contributed by atoms with Crippen LogP contribution in [0.15, 0.2) is 69.5 Å². The van der Waals surface area contributed by atoms with Crippen LogP contribution in [0, 0.1) is 0 Å². The van der Waals surface area contributed by atoms with Gasteiger partial charge < -0.3 is 0 Å². The highest BCUT2D eigenvalue weighted by molar-refractivity contribution is 9.10. The van der Waals surface area contributed by atoms with Crippen molar-refractivity contribution in [3.63, 3.8) is 0 Å². The van der Waals surface area contributed by atoms with E-state index in [2.05, 4.69) is 55.7 Å². The molecule has 0 aliphatic heterocycles. The van der Waals surface area contributed by atoms with Crippen LogP contribution in [0.4, 0.5) is 5.13 Å². The first-order chi connectivity index (χ1) is 12.2. The molecule has 0 bridgehead atoms. The van der Waals surface area contributed by atoms with E-state index in [9.17, 15) is 4.79 Å². The van der Waals surface area contributed by atoms with Gasteiger partial charge in [0.2, 0.25) is 5.13 Å². The van der Waals surface area contributed by atoms with Crippen molar-refractivity contribution in [1.29, 1.82) is 0 Å². The quantitative estimate of drug-likeness (QED) is 0.421. The number of hydrogen-bond acceptors (Lipinski definition) is 5. The second-order valence-corrected chi connectivity index (χ2v) is 8.12. The van der Waals surface area contributed by atoms with Crippen LogP contribution in [0.1, 0.15) is 15.9 Å². The summed E-state index contributed by atoms with van der Waals surface area (Å²) < 4.78 is 1.76. The summed E-state index contributed by atoms with van der Waals surface area (Å²) >= 11 is 6.31. The number of halogens is 1. The molecule has 0 atom stereocenters. The summed E-state index contributed by atoms with van der Waals surface area (Å²) in [6.07, 6.45) is 4.16. The summed E-state index contributed by atoms with van der Waals surface area (Å²) in [6, 6.07) is 17.3. The number of hydrogen-bond donors (Lipinski definition) is 1. The molecule has 0 aliphatic carbocycles. The Morgan fingerprint density at radius 1 is 1.12 bits per heavy atom. The SMILES string of the molecule is O=C(Nc1nnc(SC/C=C/c2ccccc2)s1)c1ccc(Br)cc1. The fourth-order valence-electron chi connectivity index (χ4n) is 1.96. The first-order valence-electron chi connectivity index (χ1n) is 7.45. The summed E-state index contributed by atoms with van der Waals surface area (Å²) in [6.45, 7) is 0. The molecule has 4 nitrogen and oxygen atoms in total. The molecule has 0 saturated carbocycles. The van der Waals surface area contributed by atoms with Gasteiger partial charge in [-0.1, -0.05) is 81.5 Å². The normalized spacial score (nSPS) is 10.9. The maximum absolute atomic E-state index is 12.1. The average Bonchev–Trinajstić information content (AvgIpc) is 3.07. The van der Waals surface area contributed by atoms with Crippen LogP contribution in [-0.2, 0) is 0 Å². The van der Waals surface area contributed by atoms with Gasteiger partial charge in [0.15, 0.2) is 4.34 Å². The maximum Gasteiger partial charge on any atom is 0.257 e. The second-order valence-electron chi connectivity index (χ2n) is 4.96. The lowest BCUT2D eigenvalue weighted by molar-refractivity contribution is 0.102. The summed E-state index contributed by atoms with van der Waals surface area (Å²) in [5, 5.41) is 11.4. The highest BCUT2D eigenvalue weighted by Crippen LogP contribution is 2.26. The highest BCUT2D eigenvalue weighted by atomic mass is 79.9. The molecule has 126 valence electrons. The molecular formula is C18H14BrN3OS2. The van der Waals surface area contributed by atoms with Crippen molar-refractivity contribution in [3.05, 3.63) is 76.3 Å². The van der Waals surface area contributed by atoms with Crippen LogP contribution in [0.2, 0.25) is 0 Å². The zero-order chi connectivity index (χ0) is 17.5. The van der Waals surface area contributed by atoms with Crippen LogP contribution >= 0.6 is 39.0 Å². The number of carbonyl (C=O) groups excluding carboxylic acids is 1. The van der Waals surface area contributed by atoms with Crippen molar-refractivity contribution >= 4 is 56.1 Å². The van der Waals surface area contributed by atoms with Crippen molar-refractivity contribution in [1.82, 2.24) is 10.2 Å². The van der Waals surface area contributed by atoms with Gasteiger partial charge in [-0.05, 0) is 29.8 Å². The first-order valence-corrected chi connectivity index (χ1v) is 10.0. The van der Waals surface area contributed by atoms with Gasteiger partial charge in [-0.2, -0.15) is 0 Å². The number of nitrogens with one attached hydrogen (secondary N) is 1. The first kappa shape index (κ1) is 17.8. The summed E-state index contributed by atoms with van der Waals surface area (Å²) in [5.41, 5.74) is 1.75. The maximum atomic E-state index is 12.1. The molecule has 1 aromatic heterocycles. The molecule has 0 saturated heterocycles. The van der Waals surface area contributed by atoms with Gasteiger partial charge in [0, 0.05) is 15.8 Å². The predicted octanol–water partition coefficient (Wildman–Crippen LogP) is 5.36. The monoisotopic (exact) mass is 431 g/mol. The molecule has 0 spiro atoms. The minimum atomic E-state index is -0.191. The van der Waals surface area contributed by atoms with Crippen LogP contribution in [0.3, 0.4) is 0 Å². The van der Waals surface area contributed by atoms with Crippen molar-refractivity contribution in [3.8, 4) is 0 Å². The largest absolute Gasteiger partial charge is 0.296 e. The zero-order valence-electron chi connectivity index (χ0n) is 13.1. The number of benzene rings is 2. The van der Waals surface area contributed by atoms with Gasteiger partial charge in [0.1, 0.15) is 0 Å². The molecule has 0 fully saturated rings. The topological polar surface area (TPSA) is 54.9 Å². The third kappa shape index (κ3) is 5.52. The van der Waals surface area contributed by atoms with Gasteiger partial charge in [-0.3, -0.25) is 10.1 Å². The minimum Gasteiger partial charge on any atom is -0.296 e. The zero-order valence-corrected chi connectivity index (χ0v) is 16.3. The van der Waals surface area contributed by atoms with E-state index >= 15 is 0 Å². The molecule has 0 aliphatic rings. The number of rotatable bonds is 6. The molecule has 3 rings (SSSR count). The highest BCUT2D eigenvalue weighted by Gasteiger charge is 2.10. The molecule has 3 aromatic rings. The van der Waals surface area contributed by atoms with E-state index < -0.39 is 0 Å². The Morgan fingerprint density at radius 2 is 1.88 bits per heavy atom. The van der Waals surface area contributed by atoms with Crippen LogP contribution in [-0.4, -0.2) is 21.9 Å². The summed E-state index contributed by atoms with van der Waals surface area (Å²) in [7, 11) is 0. The van der Waals surface area contributed by atoms with Gasteiger partial charge in [0.05, 0.1) is 0 Å². The lowest BCUT2D eigenvalue weighted by atomic mass is 10.2. The lowest BCUT2D eigenvalue weighted by Crippen LogP contribution is -2.11. The molecule has 1 heterocycles. The Morgan fingerprint density at radius 3 is 2.64 bits per heavy atom. The number of aromatic nitrogens is 2. The van der Waals surface area contributed by atoms with Gasteiger partial charge in [-0.25, -0.2) is 0 Å². The molecule has 25 heavy (non-hydrogen) atoms. The number of nitrogens with zero attached hydrogens (tertiary/aromatic N) is 2. The third-order valence-electron chi connectivity index (χ3n) is 3.15. The number of amides is 1. The van der Waals surface area contributed by atoms with Gasteiger partial charge >= 0.3 is 0 Å². The summed E-state index contributed by atoms with van der Waals surface area (Å²) in [5.74, 6) is 0.605. The molecule has 0 unspecified atom stereocenters. The Hall–Kier alpha value is -1.96. The second kappa shape index (κ2) is 8.94. The molecular weight excluding hydrogens is 418 g/mol. The van der Waals surface area contributed by atoms with E-state index in [4.69, 9.17) is 0 Å². The van der Waals surface area contributed by atoms with E-state index in [0.717, 1.165) is 14.6 Å². The van der Waals surface area contributed by atoms with Crippen molar-refractivity contribution in [2.75, 3.05) is 11.1 Å². The number of anilines is 1. The molecule has 1 amide bonds. The fraction of sp³-hybridized carbons (Fsp3) is 0.0556. The van der Waals surface area contributed by atoms with E-state index in [1.807, 2.05) is 30.3 Å². The van der Waals surface area contributed by atoms with Crippen LogP contribution in [0.5, 0.6) is 0 Å². The Labute approximate surface area is 162 Å². The van der Waals surface area contributed by atoms with E-state index in [0.29, 0.717) is 10.7 Å². The third-order valence-corrected chi connectivity index (χ3v) is 5.60. The molecule has 0 radical (unpaired) electrons. The van der Waals surface area contributed by atoms with Crippen molar-refractivity contribution < 1.29 is 4.79 Å². The van der Waals surface area contributed by atoms with Gasteiger partial charge in [-0.15, -0.1) is 10.2 Å². The Kier molecular flexibility index (Phi) is 6.38. The average molecular weight is 432 g/mol. The minimum absolute atomic E-state index is 0.191. The number of thioether (sulfide) groups is 1. The Bertz CT molecular complexity index is 864. The number of carbonyl (C=O) groups is 1. The predicted molar refractivity (Wildman–Crippen MR) is 108 cm³/mol. The summed E-state index contributed by atoms with van der Waals surface area (Å²) in [4.78, 5) is 12.1. The van der Waals surface area contributed by atoms with E-state index in [1.165, 1.54) is 16.9 Å². The molecule has 2 aromatic carbocycles. The lowest BCUT2D eigenvalue weighted by Gasteiger charge is -2.00. The van der Waals surface area contributed by atoms with E-state index in [1.54, 1.807) is 23.9 Å². The van der Waals surface area contributed by atoms with Crippen LogP contribution in [0.25, 0.3) is 6.08 Å². The van der Waals surface area contributed by atoms with Gasteiger partial charge in [0.25, 0.3) is 5.91 Å². The molecule has 7 heteroatoms. The Balaban J connectivity index is 1.51. The fourth-order valence-corrected chi connectivity index (χ4v) is 3.80. The smallest absolute Gasteiger partial charge is 0.257 e. The van der Waals surface area contributed by atoms with E-state index in [-0.39, 0.29) is 5.91 Å². The molecule has 1 N–H and O–H groups in total. The standard InChI is InChI=1S/C18H14BrN3OS2/c19-15-10-8-14(9-11-15)16(23)20-17-21-22-18(25-17)24-12-4-7-13-5-2-1-3-6-13/h1-11H,12H2,(H,20,21,23)/b7-4+. The van der Waals surface area contributed by atoms with Crippen molar-refractivity contribution in [2.45, 2.75) is 4.34 Å². The van der Waals surface area contributed by atoms with Crippen molar-refractivity contribution in [2.24, 2.45) is 0 Å².